The van der Waals surface area contributed by atoms with Gasteiger partial charge in [0.1, 0.15) is 0 Å². The van der Waals surface area contributed by atoms with E-state index >= 15 is 0 Å². The zero-order valence-electron chi connectivity index (χ0n) is 20.9. The molecule has 5 rings (SSSR count). The lowest BCUT2D eigenvalue weighted by molar-refractivity contribution is 0.0249. The SMILES string of the molecule is CCN(CC)c1ccc(C2(c3c(C)n(CC)c4ccccc34)OC(=O)c3nccc(Cl)c32)c(C)c1. The van der Waals surface area contributed by atoms with Gasteiger partial charge in [0.05, 0.1) is 10.6 Å². The van der Waals surface area contributed by atoms with Crippen LogP contribution >= 0.6 is 11.6 Å². The molecule has 180 valence electrons. The summed E-state index contributed by atoms with van der Waals surface area (Å²) in [7, 11) is 0. The summed E-state index contributed by atoms with van der Waals surface area (Å²) in [6.45, 7) is 13.2. The van der Waals surface area contributed by atoms with E-state index in [0.717, 1.165) is 58.6 Å². The number of halogens is 1. The maximum absolute atomic E-state index is 13.3. The Kier molecular flexibility index (Phi) is 5.84. The van der Waals surface area contributed by atoms with Gasteiger partial charge in [-0.3, -0.25) is 0 Å². The van der Waals surface area contributed by atoms with E-state index in [1.165, 1.54) is 0 Å². The summed E-state index contributed by atoms with van der Waals surface area (Å²) in [5.41, 5.74) is 5.85. The van der Waals surface area contributed by atoms with Crippen LogP contribution in [-0.2, 0) is 16.9 Å². The predicted molar refractivity (Wildman–Crippen MR) is 142 cm³/mol. The van der Waals surface area contributed by atoms with E-state index in [0.29, 0.717) is 10.6 Å². The number of hydrogen-bond acceptors (Lipinski definition) is 4. The standard InChI is InChI=1S/C29H30ClN3O2/c1-6-32(7-2)20-13-14-22(18(4)17-20)29(26-23(30)15-16-31-27(26)28(34)35-29)25-19(5)33(8-3)24-12-10-9-11-21(24)25/h9-17H,6-8H2,1-5H3. The second-order valence-corrected chi connectivity index (χ2v) is 9.39. The average Bonchev–Trinajstić information content (AvgIpc) is 3.31. The molecule has 5 nitrogen and oxygen atoms in total. The minimum atomic E-state index is -1.20. The van der Waals surface area contributed by atoms with Gasteiger partial charge in [-0.15, -0.1) is 0 Å². The number of fused-ring (bicyclic) bond motifs is 2. The Morgan fingerprint density at radius 2 is 1.77 bits per heavy atom. The Morgan fingerprint density at radius 1 is 1.03 bits per heavy atom. The minimum Gasteiger partial charge on any atom is -0.439 e. The molecule has 1 unspecified atom stereocenters. The summed E-state index contributed by atoms with van der Waals surface area (Å²) in [4.78, 5) is 20.0. The van der Waals surface area contributed by atoms with E-state index in [2.05, 4.69) is 79.4 Å². The molecule has 2 aromatic heterocycles. The van der Waals surface area contributed by atoms with Crippen molar-refractivity contribution in [3.8, 4) is 0 Å². The van der Waals surface area contributed by atoms with E-state index in [4.69, 9.17) is 16.3 Å². The van der Waals surface area contributed by atoms with E-state index in [1.54, 1.807) is 12.3 Å². The number of carbonyl (C=O) groups excluding carboxylic acids is 1. The van der Waals surface area contributed by atoms with Gasteiger partial charge in [-0.2, -0.15) is 0 Å². The number of esters is 1. The van der Waals surface area contributed by atoms with Gasteiger partial charge in [0.15, 0.2) is 11.3 Å². The number of aryl methyl sites for hydroxylation is 2. The number of cyclic esters (lactones) is 1. The molecule has 0 aliphatic carbocycles. The normalized spacial score (nSPS) is 17.0. The number of para-hydroxylation sites is 1. The fraction of sp³-hybridized carbons (Fsp3) is 0.310. The minimum absolute atomic E-state index is 0.275. The van der Waals surface area contributed by atoms with Gasteiger partial charge < -0.3 is 14.2 Å². The lowest BCUT2D eigenvalue weighted by Crippen LogP contribution is -2.32. The van der Waals surface area contributed by atoms with Crippen molar-refractivity contribution in [3.63, 3.8) is 0 Å². The van der Waals surface area contributed by atoms with Crippen molar-refractivity contribution < 1.29 is 9.53 Å². The van der Waals surface area contributed by atoms with Crippen molar-refractivity contribution in [2.24, 2.45) is 0 Å². The molecule has 0 fully saturated rings. The molecule has 0 radical (unpaired) electrons. The van der Waals surface area contributed by atoms with Crippen molar-refractivity contribution in [2.75, 3.05) is 18.0 Å². The van der Waals surface area contributed by atoms with Crippen LogP contribution in [0.2, 0.25) is 5.02 Å². The molecule has 6 heteroatoms. The number of aromatic nitrogens is 2. The van der Waals surface area contributed by atoms with Gasteiger partial charge >= 0.3 is 5.97 Å². The molecule has 0 saturated heterocycles. The third-order valence-corrected chi connectivity index (χ3v) is 7.62. The Balaban J connectivity index is 1.91. The zero-order chi connectivity index (χ0) is 24.9. The Morgan fingerprint density at radius 3 is 2.46 bits per heavy atom. The van der Waals surface area contributed by atoms with Crippen LogP contribution in [0.25, 0.3) is 10.9 Å². The molecule has 1 aliphatic heterocycles. The van der Waals surface area contributed by atoms with Crippen LogP contribution in [0, 0.1) is 13.8 Å². The number of anilines is 1. The molecule has 1 atom stereocenters. The molecule has 2 aromatic carbocycles. The summed E-state index contributed by atoms with van der Waals surface area (Å²) in [5.74, 6) is -0.456. The summed E-state index contributed by atoms with van der Waals surface area (Å²) in [5, 5.41) is 1.51. The van der Waals surface area contributed by atoms with Crippen LogP contribution in [0.4, 0.5) is 5.69 Å². The highest BCUT2D eigenvalue weighted by molar-refractivity contribution is 6.32. The fourth-order valence-electron chi connectivity index (χ4n) is 5.78. The topological polar surface area (TPSA) is 47.4 Å². The maximum Gasteiger partial charge on any atom is 0.359 e. The third-order valence-electron chi connectivity index (χ3n) is 7.31. The van der Waals surface area contributed by atoms with Gasteiger partial charge in [0, 0.05) is 59.2 Å². The van der Waals surface area contributed by atoms with Gasteiger partial charge in [-0.25, -0.2) is 9.78 Å². The summed E-state index contributed by atoms with van der Waals surface area (Å²) in [6.07, 6.45) is 1.57. The monoisotopic (exact) mass is 487 g/mol. The molecule has 0 spiro atoms. The largest absolute Gasteiger partial charge is 0.439 e. The third kappa shape index (κ3) is 3.29. The smallest absolute Gasteiger partial charge is 0.359 e. The van der Waals surface area contributed by atoms with Crippen molar-refractivity contribution in [2.45, 2.75) is 46.8 Å². The molecule has 0 amide bonds. The first-order valence-corrected chi connectivity index (χ1v) is 12.6. The molecular weight excluding hydrogens is 458 g/mol. The number of ether oxygens (including phenoxy) is 1. The zero-order valence-corrected chi connectivity index (χ0v) is 21.6. The highest BCUT2D eigenvalue weighted by atomic mass is 35.5. The van der Waals surface area contributed by atoms with Gasteiger partial charge in [-0.1, -0.05) is 35.9 Å². The van der Waals surface area contributed by atoms with Crippen molar-refractivity contribution in [1.82, 2.24) is 9.55 Å². The highest BCUT2D eigenvalue weighted by Gasteiger charge is 2.53. The number of rotatable bonds is 6. The van der Waals surface area contributed by atoms with Crippen LogP contribution in [-0.4, -0.2) is 28.6 Å². The van der Waals surface area contributed by atoms with Crippen molar-refractivity contribution in [3.05, 3.63) is 93.4 Å². The first-order valence-electron chi connectivity index (χ1n) is 12.2. The molecule has 3 heterocycles. The van der Waals surface area contributed by atoms with E-state index in [1.807, 2.05) is 12.1 Å². The molecule has 35 heavy (non-hydrogen) atoms. The fourth-order valence-corrected chi connectivity index (χ4v) is 6.06. The predicted octanol–water partition coefficient (Wildman–Crippen LogP) is 6.63. The lowest BCUT2D eigenvalue weighted by Gasteiger charge is -2.33. The number of pyridine rings is 1. The van der Waals surface area contributed by atoms with Crippen molar-refractivity contribution in [1.29, 1.82) is 0 Å². The van der Waals surface area contributed by atoms with Crippen LogP contribution in [0.15, 0.2) is 54.7 Å². The quantitative estimate of drug-likeness (QED) is 0.286. The van der Waals surface area contributed by atoms with Crippen LogP contribution in [0.1, 0.15) is 59.2 Å². The van der Waals surface area contributed by atoms with Gasteiger partial charge in [-0.05, 0) is 64.4 Å². The van der Waals surface area contributed by atoms with Crippen LogP contribution in [0.5, 0.6) is 0 Å². The summed E-state index contributed by atoms with van der Waals surface area (Å²) >= 11 is 6.85. The molecule has 4 aromatic rings. The Hall–Kier alpha value is -3.31. The Labute approximate surface area is 211 Å². The van der Waals surface area contributed by atoms with Crippen molar-refractivity contribution >= 4 is 34.2 Å². The van der Waals surface area contributed by atoms with E-state index < -0.39 is 11.6 Å². The number of hydrogen-bond donors (Lipinski definition) is 0. The van der Waals surface area contributed by atoms with Gasteiger partial charge in [0.2, 0.25) is 0 Å². The molecule has 1 aliphatic rings. The van der Waals surface area contributed by atoms with Crippen LogP contribution < -0.4 is 4.90 Å². The van der Waals surface area contributed by atoms with E-state index in [9.17, 15) is 4.79 Å². The van der Waals surface area contributed by atoms with Gasteiger partial charge in [0.25, 0.3) is 0 Å². The molecule has 0 saturated carbocycles. The number of benzene rings is 2. The molecular formula is C29H30ClN3O2. The van der Waals surface area contributed by atoms with E-state index in [-0.39, 0.29) is 5.69 Å². The second kappa shape index (κ2) is 8.72. The maximum atomic E-state index is 13.3. The first-order chi connectivity index (χ1) is 16.9. The number of carbonyl (C=O) groups is 1. The molecule has 0 N–H and O–H groups in total. The number of nitrogens with zero attached hydrogens (tertiary/aromatic N) is 3. The first kappa shape index (κ1) is 23.4. The lowest BCUT2D eigenvalue weighted by atomic mass is 9.77. The average molecular weight is 488 g/mol. The highest BCUT2D eigenvalue weighted by Crippen LogP contribution is 2.53. The second-order valence-electron chi connectivity index (χ2n) is 8.98. The summed E-state index contributed by atoms with van der Waals surface area (Å²) < 4.78 is 8.71. The molecule has 0 bridgehead atoms. The van der Waals surface area contributed by atoms with Crippen LogP contribution in [0.3, 0.4) is 0 Å². The summed E-state index contributed by atoms with van der Waals surface area (Å²) in [6, 6.07) is 16.4. The Bertz CT molecular complexity index is 1450.